The van der Waals surface area contributed by atoms with Gasteiger partial charge in [0, 0.05) is 11.4 Å². The van der Waals surface area contributed by atoms with Crippen molar-refractivity contribution >= 4 is 23.2 Å². The van der Waals surface area contributed by atoms with Crippen LogP contribution < -0.4 is 5.32 Å². The second kappa shape index (κ2) is 6.96. The Bertz CT molecular complexity index is 697. The van der Waals surface area contributed by atoms with E-state index in [0.29, 0.717) is 19.5 Å². The van der Waals surface area contributed by atoms with Crippen LogP contribution in [-0.2, 0) is 22.6 Å². The van der Waals surface area contributed by atoms with Gasteiger partial charge in [-0.05, 0) is 29.0 Å². The van der Waals surface area contributed by atoms with Gasteiger partial charge in [-0.25, -0.2) is 0 Å². The third-order valence-corrected chi connectivity index (χ3v) is 4.93. The summed E-state index contributed by atoms with van der Waals surface area (Å²) in [4.78, 5) is 28.1. The first-order valence-corrected chi connectivity index (χ1v) is 8.76. The van der Waals surface area contributed by atoms with E-state index in [1.54, 1.807) is 16.2 Å². The number of nitrogens with one attached hydrogen (secondary N) is 1. The summed E-state index contributed by atoms with van der Waals surface area (Å²) in [6.45, 7) is 3.13. The van der Waals surface area contributed by atoms with E-state index >= 15 is 0 Å². The fourth-order valence-corrected chi connectivity index (χ4v) is 3.64. The highest BCUT2D eigenvalue weighted by atomic mass is 32.1. The van der Waals surface area contributed by atoms with E-state index in [2.05, 4.69) is 5.32 Å². The Morgan fingerprint density at radius 1 is 1.30 bits per heavy atom. The Hall–Kier alpha value is -2.14. The minimum Gasteiger partial charge on any atom is -0.349 e. The number of nitrogens with zero attached hydrogens (tertiary/aromatic N) is 1. The zero-order valence-electron chi connectivity index (χ0n) is 13.1. The third-order valence-electron chi connectivity index (χ3n) is 4.05. The van der Waals surface area contributed by atoms with E-state index in [4.69, 9.17) is 0 Å². The Morgan fingerprint density at radius 2 is 2.13 bits per heavy atom. The average Bonchev–Trinajstić information content (AvgIpc) is 3.07. The lowest BCUT2D eigenvalue weighted by molar-refractivity contribution is -0.141. The van der Waals surface area contributed by atoms with Crippen LogP contribution in [0.5, 0.6) is 0 Å². The van der Waals surface area contributed by atoms with Gasteiger partial charge in [0.1, 0.15) is 6.04 Å². The van der Waals surface area contributed by atoms with Crippen molar-refractivity contribution < 1.29 is 9.59 Å². The van der Waals surface area contributed by atoms with E-state index in [1.165, 1.54) is 0 Å². The molecule has 2 aromatic rings. The lowest BCUT2D eigenvalue weighted by Gasteiger charge is -2.36. The van der Waals surface area contributed by atoms with Crippen molar-refractivity contribution in [2.24, 2.45) is 0 Å². The molecule has 0 saturated heterocycles. The second-order valence-electron chi connectivity index (χ2n) is 5.66. The van der Waals surface area contributed by atoms with E-state index in [-0.39, 0.29) is 11.8 Å². The standard InChI is InChI=1S/C18H20N2O2S/c1-2-9-20-16(21)11-13-6-3-4-8-15(13)17(20)18(22)19-12-14-7-5-10-23-14/h3-8,10,17H,2,9,11-12H2,1H3,(H,19,22). The molecule has 0 fully saturated rings. The minimum absolute atomic E-state index is 0.0295. The van der Waals surface area contributed by atoms with Gasteiger partial charge in [-0.1, -0.05) is 37.3 Å². The van der Waals surface area contributed by atoms with Gasteiger partial charge in [0.25, 0.3) is 0 Å². The number of hydrogen-bond donors (Lipinski definition) is 1. The number of carbonyl (C=O) groups excluding carboxylic acids is 2. The molecule has 1 unspecified atom stereocenters. The molecule has 0 spiro atoms. The summed E-state index contributed by atoms with van der Waals surface area (Å²) in [6.07, 6.45) is 1.22. The Morgan fingerprint density at radius 3 is 2.87 bits per heavy atom. The number of rotatable bonds is 5. The van der Waals surface area contributed by atoms with Crippen LogP contribution in [0.2, 0.25) is 0 Å². The first-order valence-electron chi connectivity index (χ1n) is 7.88. The molecule has 120 valence electrons. The SMILES string of the molecule is CCCN1C(=O)Cc2ccccc2C1C(=O)NCc1cccs1. The topological polar surface area (TPSA) is 49.4 Å². The maximum Gasteiger partial charge on any atom is 0.247 e. The molecule has 0 aliphatic carbocycles. The molecule has 1 N–H and O–H groups in total. The van der Waals surface area contributed by atoms with Gasteiger partial charge < -0.3 is 10.2 Å². The largest absolute Gasteiger partial charge is 0.349 e. The normalized spacial score (nSPS) is 17.0. The number of carbonyl (C=O) groups is 2. The highest BCUT2D eigenvalue weighted by Gasteiger charge is 2.36. The van der Waals surface area contributed by atoms with Crippen LogP contribution in [0.3, 0.4) is 0 Å². The van der Waals surface area contributed by atoms with E-state index in [9.17, 15) is 9.59 Å². The summed E-state index contributed by atoms with van der Waals surface area (Å²) < 4.78 is 0. The molecular weight excluding hydrogens is 308 g/mol. The molecule has 1 aliphatic rings. The van der Waals surface area contributed by atoms with Crippen LogP contribution in [-0.4, -0.2) is 23.3 Å². The highest BCUT2D eigenvalue weighted by molar-refractivity contribution is 7.09. The molecule has 4 nitrogen and oxygen atoms in total. The molecule has 1 aromatic heterocycles. The van der Waals surface area contributed by atoms with Crippen molar-refractivity contribution in [1.29, 1.82) is 0 Å². The van der Waals surface area contributed by atoms with Crippen LogP contribution in [0.25, 0.3) is 0 Å². The van der Waals surface area contributed by atoms with Gasteiger partial charge in [0.2, 0.25) is 11.8 Å². The summed E-state index contributed by atoms with van der Waals surface area (Å²) in [5.74, 6) is -0.0748. The number of benzene rings is 1. The average molecular weight is 328 g/mol. The molecule has 1 aromatic carbocycles. The third kappa shape index (κ3) is 3.29. The fourth-order valence-electron chi connectivity index (χ4n) is 3.00. The molecule has 1 atom stereocenters. The van der Waals surface area contributed by atoms with Gasteiger partial charge in [-0.15, -0.1) is 11.3 Å². The molecule has 2 heterocycles. The van der Waals surface area contributed by atoms with Crippen molar-refractivity contribution in [1.82, 2.24) is 10.2 Å². The molecule has 0 saturated carbocycles. The molecule has 3 rings (SSSR count). The maximum atomic E-state index is 12.8. The zero-order valence-corrected chi connectivity index (χ0v) is 13.9. The first-order chi connectivity index (χ1) is 11.2. The van der Waals surface area contributed by atoms with Crippen molar-refractivity contribution in [2.75, 3.05) is 6.54 Å². The summed E-state index contributed by atoms with van der Waals surface area (Å²) >= 11 is 1.61. The minimum atomic E-state index is -0.521. The quantitative estimate of drug-likeness (QED) is 0.917. The van der Waals surface area contributed by atoms with Gasteiger partial charge in [0.05, 0.1) is 13.0 Å². The molecule has 0 radical (unpaired) electrons. The smallest absolute Gasteiger partial charge is 0.247 e. The van der Waals surface area contributed by atoms with Crippen LogP contribution in [0.4, 0.5) is 0 Å². The summed E-state index contributed by atoms with van der Waals surface area (Å²) in [5.41, 5.74) is 1.91. The maximum absolute atomic E-state index is 12.8. The summed E-state index contributed by atoms with van der Waals surface area (Å²) in [7, 11) is 0. The Kier molecular flexibility index (Phi) is 4.76. The number of hydrogen-bond acceptors (Lipinski definition) is 3. The van der Waals surface area contributed by atoms with Crippen LogP contribution >= 0.6 is 11.3 Å². The molecule has 0 bridgehead atoms. The van der Waals surface area contributed by atoms with Crippen molar-refractivity contribution in [3.05, 3.63) is 57.8 Å². The Labute approximate surface area is 140 Å². The zero-order chi connectivity index (χ0) is 16.2. The molecular formula is C18H20N2O2S. The Balaban J connectivity index is 1.85. The monoisotopic (exact) mass is 328 g/mol. The van der Waals surface area contributed by atoms with E-state index in [1.807, 2.05) is 48.7 Å². The van der Waals surface area contributed by atoms with Crippen LogP contribution in [0, 0.1) is 0 Å². The molecule has 2 amide bonds. The summed E-state index contributed by atoms with van der Waals surface area (Å²) in [6, 6.07) is 11.2. The van der Waals surface area contributed by atoms with Gasteiger partial charge >= 0.3 is 0 Å². The number of amides is 2. The summed E-state index contributed by atoms with van der Waals surface area (Å²) in [5, 5.41) is 4.97. The predicted octanol–water partition coefficient (Wildman–Crippen LogP) is 2.90. The predicted molar refractivity (Wildman–Crippen MR) is 91.1 cm³/mol. The second-order valence-corrected chi connectivity index (χ2v) is 6.69. The van der Waals surface area contributed by atoms with Gasteiger partial charge in [0.15, 0.2) is 0 Å². The lowest BCUT2D eigenvalue weighted by Crippen LogP contribution is -2.47. The number of thiophene rings is 1. The van der Waals surface area contributed by atoms with Crippen molar-refractivity contribution in [3.8, 4) is 0 Å². The van der Waals surface area contributed by atoms with Gasteiger partial charge in [-0.3, -0.25) is 9.59 Å². The number of fused-ring (bicyclic) bond motifs is 1. The van der Waals surface area contributed by atoms with Gasteiger partial charge in [-0.2, -0.15) is 0 Å². The van der Waals surface area contributed by atoms with Crippen molar-refractivity contribution in [2.45, 2.75) is 32.4 Å². The molecule has 1 aliphatic heterocycles. The highest BCUT2D eigenvalue weighted by Crippen LogP contribution is 2.30. The lowest BCUT2D eigenvalue weighted by atomic mass is 9.91. The van der Waals surface area contributed by atoms with Crippen molar-refractivity contribution in [3.63, 3.8) is 0 Å². The van der Waals surface area contributed by atoms with E-state index < -0.39 is 6.04 Å². The molecule has 23 heavy (non-hydrogen) atoms. The van der Waals surface area contributed by atoms with E-state index in [0.717, 1.165) is 22.4 Å². The van der Waals surface area contributed by atoms with Crippen LogP contribution in [0.1, 0.15) is 35.4 Å². The first kappa shape index (κ1) is 15.7. The molecule has 5 heteroatoms. The van der Waals surface area contributed by atoms with Crippen LogP contribution in [0.15, 0.2) is 41.8 Å². The fraction of sp³-hybridized carbons (Fsp3) is 0.333.